The van der Waals surface area contributed by atoms with E-state index in [4.69, 9.17) is 4.98 Å². The number of carbonyl (C=O) groups is 1. The highest BCUT2D eigenvalue weighted by molar-refractivity contribution is 9.10. The van der Waals surface area contributed by atoms with Crippen molar-refractivity contribution in [3.8, 4) is 5.75 Å². The van der Waals surface area contributed by atoms with E-state index in [9.17, 15) is 18.0 Å². The van der Waals surface area contributed by atoms with E-state index in [0.717, 1.165) is 48.9 Å². The van der Waals surface area contributed by atoms with Crippen LogP contribution >= 0.6 is 15.9 Å². The number of fused-ring (bicyclic) bond motifs is 1. The quantitative estimate of drug-likeness (QED) is 0.320. The van der Waals surface area contributed by atoms with Crippen LogP contribution in [0.4, 0.5) is 24.9 Å². The van der Waals surface area contributed by atoms with Crippen molar-refractivity contribution in [2.24, 2.45) is 11.8 Å². The molecule has 1 aliphatic rings. The Balaban J connectivity index is 1.23. The summed E-state index contributed by atoms with van der Waals surface area (Å²) in [6.45, 7) is 1.28. The van der Waals surface area contributed by atoms with Crippen LogP contribution in [0.3, 0.4) is 0 Å². The highest BCUT2D eigenvalue weighted by Crippen LogP contribution is 2.31. The van der Waals surface area contributed by atoms with Gasteiger partial charge in [-0.2, -0.15) is 4.98 Å². The molecule has 0 radical (unpaired) electrons. The fraction of sp³-hybridized carbons (Fsp3) is 0.444. The van der Waals surface area contributed by atoms with E-state index >= 15 is 0 Å². The van der Waals surface area contributed by atoms with E-state index in [1.807, 2.05) is 43.3 Å². The Morgan fingerprint density at radius 3 is 2.42 bits per heavy atom. The van der Waals surface area contributed by atoms with Gasteiger partial charge in [-0.15, -0.1) is 13.2 Å². The third-order valence-electron chi connectivity index (χ3n) is 6.72. The second-order valence-electron chi connectivity index (χ2n) is 9.83. The number of benzene rings is 2. The Hall–Kier alpha value is -3.08. The monoisotopic (exact) mass is 593 g/mol. The Bertz CT molecular complexity index is 1260. The molecule has 1 aliphatic carbocycles. The molecule has 4 rings (SSSR count). The van der Waals surface area contributed by atoms with Crippen LogP contribution in [0.2, 0.25) is 0 Å². The predicted octanol–water partition coefficient (Wildman–Crippen LogP) is 5.93. The standard InChI is InChI=1S/C27H31BrF3N5O2/c1-36(2)25-21-5-3-4-6-22(21)34-26(35-25)33-16-18-9-7-17(8-10-18)15-32-24(37)13-19-11-12-20(28)14-23(19)38-27(29,30)31/h3-6,11-12,14,17-18H,7-10,13,15-16H2,1-2H3,(H,32,37)(H,33,34,35)/t17-,18-. The molecule has 1 aromatic heterocycles. The summed E-state index contributed by atoms with van der Waals surface area (Å²) in [7, 11) is 3.93. The van der Waals surface area contributed by atoms with Gasteiger partial charge in [0.1, 0.15) is 11.6 Å². The maximum atomic E-state index is 12.7. The number of carbonyl (C=O) groups excluding carboxylic acids is 1. The van der Waals surface area contributed by atoms with E-state index in [2.05, 4.69) is 36.3 Å². The van der Waals surface area contributed by atoms with Crippen LogP contribution in [-0.4, -0.2) is 49.4 Å². The molecule has 1 amide bonds. The maximum Gasteiger partial charge on any atom is 0.573 e. The third kappa shape index (κ3) is 7.72. The van der Waals surface area contributed by atoms with Gasteiger partial charge in [-0.05, 0) is 61.8 Å². The fourth-order valence-electron chi connectivity index (χ4n) is 4.74. The SMILES string of the molecule is CN(C)c1nc(NC[C@H]2CC[C@H](CNC(=O)Cc3ccc(Br)cc3OC(F)(F)F)CC2)nc2ccccc12. The van der Waals surface area contributed by atoms with Gasteiger partial charge < -0.3 is 20.3 Å². The summed E-state index contributed by atoms with van der Waals surface area (Å²) in [6.07, 6.45) is -1.05. The summed E-state index contributed by atoms with van der Waals surface area (Å²) >= 11 is 3.14. The van der Waals surface area contributed by atoms with Crippen molar-refractivity contribution in [2.75, 3.05) is 37.4 Å². The molecule has 0 aliphatic heterocycles. The van der Waals surface area contributed by atoms with E-state index in [-0.39, 0.29) is 23.6 Å². The zero-order chi connectivity index (χ0) is 27.3. The van der Waals surface area contributed by atoms with Crippen molar-refractivity contribution in [1.82, 2.24) is 15.3 Å². The number of alkyl halides is 3. The number of nitrogens with zero attached hydrogens (tertiary/aromatic N) is 3. The van der Waals surface area contributed by atoms with Gasteiger partial charge in [0.2, 0.25) is 11.9 Å². The normalized spacial score (nSPS) is 17.7. The lowest BCUT2D eigenvalue weighted by atomic mass is 9.82. The van der Waals surface area contributed by atoms with Crippen LogP contribution in [0.25, 0.3) is 10.9 Å². The van der Waals surface area contributed by atoms with Crippen molar-refractivity contribution in [2.45, 2.75) is 38.5 Å². The lowest BCUT2D eigenvalue weighted by molar-refractivity contribution is -0.274. The van der Waals surface area contributed by atoms with Crippen LogP contribution in [0.15, 0.2) is 46.9 Å². The average molecular weight is 594 g/mol. The van der Waals surface area contributed by atoms with Crippen molar-refractivity contribution in [1.29, 1.82) is 0 Å². The number of ether oxygens (including phenoxy) is 1. The smallest absolute Gasteiger partial charge is 0.405 e. The van der Waals surface area contributed by atoms with Gasteiger partial charge in [0.15, 0.2) is 0 Å². The lowest BCUT2D eigenvalue weighted by Crippen LogP contribution is -2.33. The van der Waals surface area contributed by atoms with E-state index in [1.165, 1.54) is 12.1 Å². The molecule has 7 nitrogen and oxygen atoms in total. The first-order valence-electron chi connectivity index (χ1n) is 12.6. The molecule has 38 heavy (non-hydrogen) atoms. The molecule has 0 unspecified atom stereocenters. The second-order valence-corrected chi connectivity index (χ2v) is 10.7. The summed E-state index contributed by atoms with van der Waals surface area (Å²) < 4.78 is 42.7. The minimum absolute atomic E-state index is 0.182. The van der Waals surface area contributed by atoms with Gasteiger partial charge >= 0.3 is 6.36 Å². The van der Waals surface area contributed by atoms with Crippen molar-refractivity contribution in [3.63, 3.8) is 0 Å². The number of halogens is 4. The number of aromatic nitrogens is 2. The minimum Gasteiger partial charge on any atom is -0.405 e. The van der Waals surface area contributed by atoms with Gasteiger partial charge in [0, 0.05) is 42.6 Å². The molecular weight excluding hydrogens is 563 g/mol. The third-order valence-corrected chi connectivity index (χ3v) is 7.21. The van der Waals surface area contributed by atoms with Gasteiger partial charge in [0.05, 0.1) is 11.9 Å². The zero-order valence-corrected chi connectivity index (χ0v) is 22.9. The first-order valence-corrected chi connectivity index (χ1v) is 13.4. The molecule has 11 heteroatoms. The summed E-state index contributed by atoms with van der Waals surface area (Å²) in [5.74, 6) is 1.60. The molecule has 0 spiro atoms. The number of nitrogens with one attached hydrogen (secondary N) is 2. The lowest BCUT2D eigenvalue weighted by Gasteiger charge is -2.29. The Kier molecular flexibility index (Phi) is 8.96. The fourth-order valence-corrected chi connectivity index (χ4v) is 5.08. The number of hydrogen-bond donors (Lipinski definition) is 2. The topological polar surface area (TPSA) is 79.4 Å². The van der Waals surface area contributed by atoms with Crippen LogP contribution in [0, 0.1) is 11.8 Å². The Labute approximate surface area is 228 Å². The molecule has 0 saturated heterocycles. The number of rotatable bonds is 9. The molecule has 204 valence electrons. The summed E-state index contributed by atoms with van der Waals surface area (Å²) in [4.78, 5) is 23.8. The Morgan fingerprint density at radius 2 is 1.74 bits per heavy atom. The molecule has 1 saturated carbocycles. The van der Waals surface area contributed by atoms with Gasteiger partial charge in [0.25, 0.3) is 0 Å². The number of hydrogen-bond acceptors (Lipinski definition) is 6. The number of para-hydroxylation sites is 1. The zero-order valence-electron chi connectivity index (χ0n) is 21.3. The van der Waals surface area contributed by atoms with Crippen LogP contribution < -0.4 is 20.3 Å². The molecule has 2 N–H and O–H groups in total. The molecular formula is C27H31BrF3N5O2. The maximum absolute atomic E-state index is 12.7. The first kappa shape index (κ1) is 27.9. The minimum atomic E-state index is -4.82. The predicted molar refractivity (Wildman–Crippen MR) is 145 cm³/mol. The molecule has 1 fully saturated rings. The number of amides is 1. The summed E-state index contributed by atoms with van der Waals surface area (Å²) in [5.41, 5.74) is 1.08. The van der Waals surface area contributed by atoms with Crippen molar-refractivity contribution in [3.05, 3.63) is 52.5 Å². The molecule has 2 aromatic carbocycles. The van der Waals surface area contributed by atoms with Crippen molar-refractivity contribution >= 4 is 44.5 Å². The highest BCUT2D eigenvalue weighted by Gasteiger charge is 2.32. The average Bonchev–Trinajstić information content (AvgIpc) is 2.87. The second kappa shape index (κ2) is 12.2. The van der Waals surface area contributed by atoms with E-state index in [0.29, 0.717) is 28.8 Å². The molecule has 3 aromatic rings. The molecule has 0 bridgehead atoms. The van der Waals surface area contributed by atoms with Gasteiger partial charge in [-0.3, -0.25) is 4.79 Å². The van der Waals surface area contributed by atoms with Crippen LogP contribution in [0.5, 0.6) is 5.75 Å². The van der Waals surface area contributed by atoms with E-state index < -0.39 is 6.36 Å². The molecule has 1 heterocycles. The van der Waals surface area contributed by atoms with E-state index in [1.54, 1.807) is 6.07 Å². The van der Waals surface area contributed by atoms with Crippen molar-refractivity contribution < 1.29 is 22.7 Å². The van der Waals surface area contributed by atoms with Gasteiger partial charge in [-0.25, -0.2) is 4.98 Å². The summed E-state index contributed by atoms with van der Waals surface area (Å²) in [5, 5.41) is 7.30. The molecule has 0 atom stereocenters. The van der Waals surface area contributed by atoms with Crippen LogP contribution in [0.1, 0.15) is 31.2 Å². The first-order chi connectivity index (χ1) is 18.1. The largest absolute Gasteiger partial charge is 0.573 e. The highest BCUT2D eigenvalue weighted by atomic mass is 79.9. The summed E-state index contributed by atoms with van der Waals surface area (Å²) in [6, 6.07) is 12.2. The number of anilines is 2. The van der Waals surface area contributed by atoms with Gasteiger partial charge in [-0.1, -0.05) is 34.1 Å². The van der Waals surface area contributed by atoms with Crippen LogP contribution in [-0.2, 0) is 11.2 Å². The Morgan fingerprint density at radius 1 is 1.05 bits per heavy atom.